The highest BCUT2D eigenvalue weighted by Gasteiger charge is 1.91. The van der Waals surface area contributed by atoms with Crippen molar-refractivity contribution in [1.29, 1.82) is 0 Å². The van der Waals surface area contributed by atoms with E-state index < -0.39 is 5.97 Å². The molecule has 2 nitrogen and oxygen atoms in total. The average Bonchev–Trinajstić information content (AvgIpc) is 2.24. The molecule has 80 valence electrons. The molecule has 0 aliphatic carbocycles. The zero-order valence-electron chi connectivity index (χ0n) is 8.73. The Morgan fingerprint density at radius 3 is 2.60 bits per heavy atom. The molecule has 1 rings (SSSR count). The predicted molar refractivity (Wildman–Crippen MR) is 60.8 cm³/mol. The number of carbonyl (C=O) groups is 1. The lowest BCUT2D eigenvalue weighted by Crippen LogP contribution is -1.87. The first-order valence-electron chi connectivity index (χ1n) is 5.22. The topological polar surface area (TPSA) is 37.3 Å². The summed E-state index contributed by atoms with van der Waals surface area (Å²) in [5.74, 6) is -0.863. The van der Waals surface area contributed by atoms with Crippen LogP contribution in [0.1, 0.15) is 24.8 Å². The lowest BCUT2D eigenvalue weighted by molar-refractivity contribution is -0.131. The van der Waals surface area contributed by atoms with Crippen molar-refractivity contribution >= 4 is 5.97 Å². The quantitative estimate of drug-likeness (QED) is 0.571. The summed E-state index contributed by atoms with van der Waals surface area (Å²) in [6, 6.07) is 10.3. The van der Waals surface area contributed by atoms with Gasteiger partial charge in [-0.05, 0) is 31.2 Å². The Bertz CT molecular complexity index is 315. The largest absolute Gasteiger partial charge is 0.478 e. The van der Waals surface area contributed by atoms with E-state index in [0.717, 1.165) is 25.7 Å². The molecule has 0 aliphatic rings. The molecular weight excluding hydrogens is 188 g/mol. The number of unbranched alkanes of at least 4 members (excludes halogenated alkanes) is 2. The van der Waals surface area contributed by atoms with Crippen molar-refractivity contribution in [3.63, 3.8) is 0 Å². The van der Waals surface area contributed by atoms with Crippen LogP contribution in [0, 0.1) is 0 Å². The molecule has 0 fully saturated rings. The molecule has 2 heteroatoms. The Hall–Kier alpha value is -1.57. The molecule has 1 N–H and O–H groups in total. The van der Waals surface area contributed by atoms with Crippen LogP contribution in [-0.4, -0.2) is 11.1 Å². The lowest BCUT2D eigenvalue weighted by Gasteiger charge is -1.98. The van der Waals surface area contributed by atoms with Crippen molar-refractivity contribution in [3.05, 3.63) is 48.0 Å². The second-order valence-corrected chi connectivity index (χ2v) is 3.47. The van der Waals surface area contributed by atoms with Crippen LogP contribution in [0.5, 0.6) is 0 Å². The average molecular weight is 204 g/mol. The van der Waals surface area contributed by atoms with E-state index in [0.29, 0.717) is 0 Å². The molecule has 0 amide bonds. The molecule has 0 aliphatic heterocycles. The molecule has 0 atom stereocenters. The zero-order chi connectivity index (χ0) is 10.9. The van der Waals surface area contributed by atoms with Crippen LogP contribution >= 0.6 is 0 Å². The van der Waals surface area contributed by atoms with Gasteiger partial charge in [0.2, 0.25) is 0 Å². The van der Waals surface area contributed by atoms with Crippen molar-refractivity contribution in [2.24, 2.45) is 0 Å². The molecule has 0 radical (unpaired) electrons. The Balaban J connectivity index is 2.10. The number of aliphatic carboxylic acids is 1. The molecule has 0 spiro atoms. The monoisotopic (exact) mass is 204 g/mol. The minimum Gasteiger partial charge on any atom is -0.478 e. The SMILES string of the molecule is O=C(O)/C=C/CCCCc1ccccc1. The van der Waals surface area contributed by atoms with Crippen LogP contribution in [0.3, 0.4) is 0 Å². The highest BCUT2D eigenvalue weighted by Crippen LogP contribution is 2.06. The predicted octanol–water partition coefficient (Wildman–Crippen LogP) is 3.04. The van der Waals surface area contributed by atoms with E-state index in [-0.39, 0.29) is 0 Å². The maximum atomic E-state index is 10.2. The van der Waals surface area contributed by atoms with E-state index >= 15 is 0 Å². The van der Waals surface area contributed by atoms with Gasteiger partial charge in [-0.1, -0.05) is 36.4 Å². The number of rotatable bonds is 6. The Morgan fingerprint density at radius 2 is 1.93 bits per heavy atom. The highest BCUT2D eigenvalue weighted by molar-refractivity contribution is 5.79. The second-order valence-electron chi connectivity index (χ2n) is 3.47. The minimum absolute atomic E-state index is 0.846. The smallest absolute Gasteiger partial charge is 0.327 e. The van der Waals surface area contributed by atoms with Crippen LogP contribution in [-0.2, 0) is 11.2 Å². The molecule has 1 aromatic rings. The summed E-state index contributed by atoms with van der Waals surface area (Å²) in [7, 11) is 0. The summed E-state index contributed by atoms with van der Waals surface area (Å²) < 4.78 is 0. The molecule has 0 aromatic heterocycles. The van der Waals surface area contributed by atoms with Crippen LogP contribution in [0.4, 0.5) is 0 Å². The van der Waals surface area contributed by atoms with Gasteiger partial charge in [0.25, 0.3) is 0 Å². The summed E-state index contributed by atoms with van der Waals surface area (Å²) in [6.45, 7) is 0. The number of hydrogen-bond donors (Lipinski definition) is 1. The fourth-order valence-corrected chi connectivity index (χ4v) is 1.42. The van der Waals surface area contributed by atoms with Gasteiger partial charge in [-0.25, -0.2) is 4.79 Å². The van der Waals surface area contributed by atoms with Crippen LogP contribution in [0.25, 0.3) is 0 Å². The van der Waals surface area contributed by atoms with Gasteiger partial charge in [-0.3, -0.25) is 0 Å². The molecule has 0 saturated carbocycles. The maximum Gasteiger partial charge on any atom is 0.327 e. The Kier molecular flexibility index (Phi) is 5.23. The first-order chi connectivity index (χ1) is 7.29. The number of benzene rings is 1. The fourth-order valence-electron chi connectivity index (χ4n) is 1.42. The fraction of sp³-hybridized carbons (Fsp3) is 0.308. The van der Waals surface area contributed by atoms with Crippen molar-refractivity contribution in [3.8, 4) is 0 Å². The third-order valence-corrected chi connectivity index (χ3v) is 2.19. The van der Waals surface area contributed by atoms with Gasteiger partial charge in [0, 0.05) is 6.08 Å². The first kappa shape index (κ1) is 11.5. The molecular formula is C13H16O2. The number of allylic oxidation sites excluding steroid dienone is 1. The normalized spacial score (nSPS) is 10.7. The molecule has 0 bridgehead atoms. The maximum absolute atomic E-state index is 10.2. The number of aryl methyl sites for hydroxylation is 1. The van der Waals surface area contributed by atoms with Gasteiger partial charge < -0.3 is 5.11 Å². The van der Waals surface area contributed by atoms with Gasteiger partial charge in [0.1, 0.15) is 0 Å². The van der Waals surface area contributed by atoms with Crippen LogP contribution < -0.4 is 0 Å². The summed E-state index contributed by atoms with van der Waals surface area (Å²) in [5, 5.41) is 8.36. The summed E-state index contributed by atoms with van der Waals surface area (Å²) in [6.07, 6.45) is 6.99. The summed E-state index contributed by atoms with van der Waals surface area (Å²) in [5.41, 5.74) is 1.35. The first-order valence-corrected chi connectivity index (χ1v) is 5.22. The number of carboxylic acids is 1. The van der Waals surface area contributed by atoms with E-state index in [1.807, 2.05) is 18.2 Å². The van der Waals surface area contributed by atoms with Crippen molar-refractivity contribution in [1.82, 2.24) is 0 Å². The molecule has 1 aromatic carbocycles. The van der Waals surface area contributed by atoms with E-state index in [1.165, 1.54) is 11.6 Å². The highest BCUT2D eigenvalue weighted by atomic mass is 16.4. The second kappa shape index (κ2) is 6.82. The molecule has 0 unspecified atom stereocenters. The van der Waals surface area contributed by atoms with Gasteiger partial charge in [-0.15, -0.1) is 0 Å². The zero-order valence-corrected chi connectivity index (χ0v) is 8.73. The third kappa shape index (κ3) is 5.68. The van der Waals surface area contributed by atoms with Crippen LogP contribution in [0.15, 0.2) is 42.5 Å². The van der Waals surface area contributed by atoms with Crippen molar-refractivity contribution in [2.75, 3.05) is 0 Å². The van der Waals surface area contributed by atoms with Gasteiger partial charge >= 0.3 is 5.97 Å². The number of carboxylic acid groups (broad SMARTS) is 1. The van der Waals surface area contributed by atoms with Crippen molar-refractivity contribution < 1.29 is 9.90 Å². The van der Waals surface area contributed by atoms with Gasteiger partial charge in [-0.2, -0.15) is 0 Å². The van der Waals surface area contributed by atoms with E-state index in [2.05, 4.69) is 12.1 Å². The van der Waals surface area contributed by atoms with E-state index in [4.69, 9.17) is 5.11 Å². The van der Waals surface area contributed by atoms with E-state index in [9.17, 15) is 4.79 Å². The van der Waals surface area contributed by atoms with Gasteiger partial charge in [0.05, 0.1) is 0 Å². The number of hydrogen-bond acceptors (Lipinski definition) is 1. The summed E-state index contributed by atoms with van der Waals surface area (Å²) >= 11 is 0. The standard InChI is InChI=1S/C13H16O2/c14-13(15)11-7-2-1-4-8-12-9-5-3-6-10-12/h3,5-7,9-11H,1-2,4,8H2,(H,14,15)/b11-7+. The molecule has 15 heavy (non-hydrogen) atoms. The van der Waals surface area contributed by atoms with Crippen LogP contribution in [0.2, 0.25) is 0 Å². The molecule has 0 saturated heterocycles. The third-order valence-electron chi connectivity index (χ3n) is 2.19. The molecule has 0 heterocycles. The van der Waals surface area contributed by atoms with Gasteiger partial charge in [0.15, 0.2) is 0 Å². The minimum atomic E-state index is -0.863. The lowest BCUT2D eigenvalue weighted by atomic mass is 10.1. The Labute approximate surface area is 90.3 Å². The summed E-state index contributed by atoms with van der Waals surface area (Å²) in [4.78, 5) is 10.2. The van der Waals surface area contributed by atoms with Crippen molar-refractivity contribution in [2.45, 2.75) is 25.7 Å². The Morgan fingerprint density at radius 1 is 1.20 bits per heavy atom. The van der Waals surface area contributed by atoms with E-state index in [1.54, 1.807) is 6.08 Å².